The number of allylic oxidation sites excluding steroid dienone is 1. The lowest BCUT2D eigenvalue weighted by molar-refractivity contribution is -0.122. The van der Waals surface area contributed by atoms with Crippen molar-refractivity contribution in [1.29, 1.82) is 0 Å². The van der Waals surface area contributed by atoms with Gasteiger partial charge < -0.3 is 10.6 Å². The summed E-state index contributed by atoms with van der Waals surface area (Å²) in [6, 6.07) is 14.5. The third kappa shape index (κ3) is 6.45. The van der Waals surface area contributed by atoms with Crippen LogP contribution in [0.1, 0.15) is 12.0 Å². The van der Waals surface area contributed by atoms with E-state index in [4.69, 9.17) is 23.2 Å². The van der Waals surface area contributed by atoms with Crippen molar-refractivity contribution >= 4 is 69.9 Å². The lowest BCUT2D eigenvalue weighted by Gasteiger charge is -2.08. The van der Waals surface area contributed by atoms with Crippen LogP contribution in [0.25, 0.3) is 6.08 Å². The second-order valence-electron chi connectivity index (χ2n) is 5.92. The molecular formula is C20H16Cl2N4O2S. The van der Waals surface area contributed by atoms with E-state index in [1.807, 2.05) is 36.4 Å². The number of amides is 2. The number of anilines is 1. The van der Waals surface area contributed by atoms with Crippen molar-refractivity contribution in [3.63, 3.8) is 0 Å². The van der Waals surface area contributed by atoms with Gasteiger partial charge in [0.25, 0.3) is 0 Å². The van der Waals surface area contributed by atoms with Crippen molar-refractivity contribution in [3.05, 3.63) is 70.2 Å². The van der Waals surface area contributed by atoms with Gasteiger partial charge in [0.2, 0.25) is 11.8 Å². The van der Waals surface area contributed by atoms with Gasteiger partial charge in [-0.25, -0.2) is 0 Å². The molecule has 1 atom stereocenters. The molecule has 9 heteroatoms. The lowest BCUT2D eigenvalue weighted by Crippen LogP contribution is -2.28. The second kappa shape index (κ2) is 10.2. The van der Waals surface area contributed by atoms with Crippen LogP contribution >= 0.6 is 35.0 Å². The van der Waals surface area contributed by atoms with Crippen LogP contribution in [0, 0.1) is 0 Å². The van der Waals surface area contributed by atoms with Crippen LogP contribution in [0.15, 0.2) is 64.8 Å². The molecule has 1 aliphatic rings. The van der Waals surface area contributed by atoms with Crippen molar-refractivity contribution in [2.75, 3.05) is 5.32 Å². The lowest BCUT2D eigenvalue weighted by atomic mass is 10.2. The first-order chi connectivity index (χ1) is 14.0. The Morgan fingerprint density at radius 1 is 1.17 bits per heavy atom. The molecule has 1 saturated heterocycles. The van der Waals surface area contributed by atoms with Gasteiger partial charge in [0.15, 0.2) is 5.17 Å². The molecule has 1 aliphatic heterocycles. The molecule has 0 spiro atoms. The zero-order chi connectivity index (χ0) is 20.6. The molecular weight excluding hydrogens is 431 g/mol. The number of carbonyl (C=O) groups excluding carboxylic acids is 2. The summed E-state index contributed by atoms with van der Waals surface area (Å²) in [7, 11) is 0. The molecule has 1 unspecified atom stereocenters. The van der Waals surface area contributed by atoms with E-state index in [-0.39, 0.29) is 18.2 Å². The normalized spacial score (nSPS) is 17.9. The van der Waals surface area contributed by atoms with E-state index in [1.54, 1.807) is 24.3 Å². The summed E-state index contributed by atoms with van der Waals surface area (Å²) in [6.45, 7) is 0. The maximum absolute atomic E-state index is 12.2. The summed E-state index contributed by atoms with van der Waals surface area (Å²) in [4.78, 5) is 24.2. The summed E-state index contributed by atoms with van der Waals surface area (Å²) in [5.41, 5.74) is 1.56. The minimum atomic E-state index is -0.577. The average Bonchev–Trinajstić information content (AvgIpc) is 3.04. The Labute approximate surface area is 182 Å². The Kier molecular flexibility index (Phi) is 7.46. The number of carbonyl (C=O) groups is 2. The van der Waals surface area contributed by atoms with E-state index in [2.05, 4.69) is 20.8 Å². The topological polar surface area (TPSA) is 82.9 Å². The molecule has 2 aromatic rings. The molecule has 1 fully saturated rings. The molecule has 1 heterocycles. The number of amidine groups is 1. The van der Waals surface area contributed by atoms with Gasteiger partial charge in [-0.15, -0.1) is 5.10 Å². The fourth-order valence-electron chi connectivity index (χ4n) is 2.38. The van der Waals surface area contributed by atoms with Gasteiger partial charge in [0.05, 0.1) is 10.0 Å². The van der Waals surface area contributed by atoms with E-state index in [0.717, 1.165) is 17.3 Å². The van der Waals surface area contributed by atoms with Crippen LogP contribution in [0.3, 0.4) is 0 Å². The molecule has 0 aliphatic carbocycles. The Hall–Kier alpha value is -2.61. The number of thioether (sulfide) groups is 1. The van der Waals surface area contributed by atoms with Crippen molar-refractivity contribution in [2.45, 2.75) is 11.7 Å². The first-order valence-corrected chi connectivity index (χ1v) is 10.2. The Balaban J connectivity index is 1.50. The number of rotatable bonds is 6. The largest absolute Gasteiger partial charge is 0.326 e. The van der Waals surface area contributed by atoms with Gasteiger partial charge in [-0.05, 0) is 29.8 Å². The fraction of sp³-hybridized carbons (Fsp3) is 0.100. The quantitative estimate of drug-likeness (QED) is 0.501. The highest BCUT2D eigenvalue weighted by Crippen LogP contribution is 2.26. The number of hydrogen-bond acceptors (Lipinski definition) is 5. The molecule has 0 bridgehead atoms. The highest BCUT2D eigenvalue weighted by molar-refractivity contribution is 8.15. The molecule has 3 rings (SSSR count). The third-order valence-electron chi connectivity index (χ3n) is 3.74. The number of hydrogen-bond donors (Lipinski definition) is 2. The number of benzene rings is 2. The average molecular weight is 447 g/mol. The summed E-state index contributed by atoms with van der Waals surface area (Å²) in [5.74, 6) is -0.598. The van der Waals surface area contributed by atoms with Crippen molar-refractivity contribution in [1.82, 2.24) is 5.32 Å². The van der Waals surface area contributed by atoms with Gasteiger partial charge in [-0.1, -0.05) is 71.4 Å². The van der Waals surface area contributed by atoms with Crippen LogP contribution in [0.4, 0.5) is 5.69 Å². The summed E-state index contributed by atoms with van der Waals surface area (Å²) >= 11 is 12.9. The monoisotopic (exact) mass is 446 g/mol. The molecule has 148 valence electrons. The Morgan fingerprint density at radius 3 is 2.72 bits per heavy atom. The molecule has 0 radical (unpaired) electrons. The zero-order valence-corrected chi connectivity index (χ0v) is 17.3. The first-order valence-electron chi connectivity index (χ1n) is 8.56. The van der Waals surface area contributed by atoms with Gasteiger partial charge in [0.1, 0.15) is 5.25 Å². The highest BCUT2D eigenvalue weighted by atomic mass is 35.5. The van der Waals surface area contributed by atoms with Gasteiger partial charge >= 0.3 is 0 Å². The molecule has 6 nitrogen and oxygen atoms in total. The Morgan fingerprint density at radius 2 is 1.97 bits per heavy atom. The molecule has 2 amide bonds. The first kappa shape index (κ1) is 21.1. The molecule has 0 saturated carbocycles. The number of nitrogens with zero attached hydrogens (tertiary/aromatic N) is 2. The molecule has 0 aromatic heterocycles. The van der Waals surface area contributed by atoms with Crippen LogP contribution in [0.2, 0.25) is 10.0 Å². The SMILES string of the molecule is O=C(CC1SC(=NN=C/C=C/c2ccccc2)NC1=O)Nc1ccc(Cl)c(Cl)c1. The van der Waals surface area contributed by atoms with Crippen molar-refractivity contribution < 1.29 is 9.59 Å². The van der Waals surface area contributed by atoms with Gasteiger partial charge in [0, 0.05) is 18.3 Å². The van der Waals surface area contributed by atoms with Crippen molar-refractivity contribution in [2.24, 2.45) is 10.2 Å². The smallest absolute Gasteiger partial charge is 0.240 e. The standard InChI is InChI=1S/C20H16Cl2N4O2S/c21-15-9-8-14(11-16(15)22)24-18(27)12-17-19(28)25-20(29-17)26-23-10-4-7-13-5-2-1-3-6-13/h1-11,17H,12H2,(H,24,27)(H,25,26,28)/b7-4+,23-10?. The van der Waals surface area contributed by atoms with Gasteiger partial charge in [-0.3, -0.25) is 9.59 Å². The summed E-state index contributed by atoms with van der Waals surface area (Å²) < 4.78 is 0. The second-order valence-corrected chi connectivity index (χ2v) is 7.92. The highest BCUT2D eigenvalue weighted by Gasteiger charge is 2.32. The minimum Gasteiger partial charge on any atom is -0.326 e. The van der Waals surface area contributed by atoms with Crippen LogP contribution < -0.4 is 10.6 Å². The predicted octanol–water partition coefficient (Wildman–Crippen LogP) is 4.61. The predicted molar refractivity (Wildman–Crippen MR) is 121 cm³/mol. The minimum absolute atomic E-state index is 0.00656. The third-order valence-corrected chi connectivity index (χ3v) is 5.55. The van der Waals surface area contributed by atoms with Crippen molar-refractivity contribution in [3.8, 4) is 0 Å². The van der Waals surface area contributed by atoms with E-state index < -0.39 is 5.25 Å². The van der Waals surface area contributed by atoms with E-state index in [9.17, 15) is 9.59 Å². The van der Waals surface area contributed by atoms with E-state index in [0.29, 0.717) is 20.9 Å². The summed E-state index contributed by atoms with van der Waals surface area (Å²) in [5, 5.41) is 13.7. The fourth-order valence-corrected chi connectivity index (χ4v) is 3.61. The maximum atomic E-state index is 12.2. The van der Waals surface area contributed by atoms with Crippen LogP contribution in [-0.4, -0.2) is 28.4 Å². The maximum Gasteiger partial charge on any atom is 0.240 e. The van der Waals surface area contributed by atoms with E-state index >= 15 is 0 Å². The van der Waals surface area contributed by atoms with Gasteiger partial charge in [-0.2, -0.15) is 5.10 Å². The Bertz CT molecular complexity index is 993. The van der Waals surface area contributed by atoms with E-state index in [1.165, 1.54) is 6.21 Å². The zero-order valence-electron chi connectivity index (χ0n) is 15.0. The molecule has 29 heavy (non-hydrogen) atoms. The molecule has 2 N–H and O–H groups in total. The summed E-state index contributed by atoms with van der Waals surface area (Å²) in [6.07, 6.45) is 5.16. The van der Waals surface area contributed by atoms with Crippen LogP contribution in [-0.2, 0) is 9.59 Å². The number of nitrogens with one attached hydrogen (secondary N) is 2. The number of halogens is 2. The molecule has 2 aromatic carbocycles. The van der Waals surface area contributed by atoms with Crippen LogP contribution in [0.5, 0.6) is 0 Å².